The van der Waals surface area contributed by atoms with Crippen molar-refractivity contribution in [1.82, 2.24) is 0 Å². The van der Waals surface area contributed by atoms with Gasteiger partial charge in [-0.1, -0.05) is 30.7 Å². The molecular weight excluding hydrogens is 236 g/mol. The smallest absolute Gasteiger partial charge is 0.138 e. The van der Waals surface area contributed by atoms with Gasteiger partial charge in [-0.3, -0.25) is 4.79 Å². The summed E-state index contributed by atoms with van der Waals surface area (Å²) in [5.41, 5.74) is 0.779. The number of aliphatic hydroxyl groups excluding tert-OH is 1. The molecule has 2 nitrogen and oxygen atoms in total. The predicted molar refractivity (Wildman–Crippen MR) is 67.9 cm³/mol. The molecule has 2 rings (SSSR count). The summed E-state index contributed by atoms with van der Waals surface area (Å²) >= 11 is 5.81. The third kappa shape index (κ3) is 2.88. The van der Waals surface area contributed by atoms with Crippen LogP contribution in [0.15, 0.2) is 24.3 Å². The zero-order valence-corrected chi connectivity index (χ0v) is 10.7. The zero-order valence-electron chi connectivity index (χ0n) is 9.90. The molecule has 2 unspecified atom stereocenters. The van der Waals surface area contributed by atoms with E-state index in [0.717, 1.165) is 18.4 Å². The maximum absolute atomic E-state index is 11.8. The number of hydrogen-bond donors (Lipinski definition) is 1. The molecule has 0 heterocycles. The van der Waals surface area contributed by atoms with E-state index in [4.69, 9.17) is 11.6 Å². The molecule has 92 valence electrons. The summed E-state index contributed by atoms with van der Waals surface area (Å²) in [5, 5.41) is 10.9. The Kier molecular flexibility index (Phi) is 3.85. The fourth-order valence-corrected chi connectivity index (χ4v) is 2.58. The molecule has 3 atom stereocenters. The summed E-state index contributed by atoms with van der Waals surface area (Å²) in [6, 6.07) is 7.08. The van der Waals surface area contributed by atoms with Gasteiger partial charge in [-0.05, 0) is 36.5 Å². The van der Waals surface area contributed by atoms with Gasteiger partial charge in [0.2, 0.25) is 0 Å². The molecule has 1 fully saturated rings. The van der Waals surface area contributed by atoms with E-state index in [1.165, 1.54) is 0 Å². The second-order valence-electron chi connectivity index (χ2n) is 4.95. The summed E-state index contributed by atoms with van der Waals surface area (Å²) in [6.45, 7) is 2.13. The molecule has 1 saturated carbocycles. The molecule has 0 bridgehead atoms. The van der Waals surface area contributed by atoms with Gasteiger partial charge in [0.05, 0.1) is 6.10 Å². The zero-order chi connectivity index (χ0) is 12.4. The monoisotopic (exact) mass is 252 g/mol. The Morgan fingerprint density at radius 1 is 1.35 bits per heavy atom. The van der Waals surface area contributed by atoms with Gasteiger partial charge in [-0.15, -0.1) is 0 Å². The fraction of sp³-hybridized carbons (Fsp3) is 0.500. The Balaban J connectivity index is 2.15. The Bertz CT molecular complexity index is 399. The van der Waals surface area contributed by atoms with Crippen molar-refractivity contribution in [3.8, 4) is 0 Å². The van der Waals surface area contributed by atoms with Crippen LogP contribution in [-0.2, 0) is 4.79 Å². The van der Waals surface area contributed by atoms with Gasteiger partial charge in [0, 0.05) is 17.4 Å². The Morgan fingerprint density at radius 3 is 2.65 bits per heavy atom. The summed E-state index contributed by atoms with van der Waals surface area (Å²) in [5.74, 6) is 0.449. The number of aliphatic hydroxyl groups is 1. The molecule has 0 saturated heterocycles. The van der Waals surface area contributed by atoms with E-state index in [2.05, 4.69) is 6.92 Å². The molecule has 0 spiro atoms. The van der Waals surface area contributed by atoms with Crippen molar-refractivity contribution in [2.45, 2.75) is 32.3 Å². The van der Waals surface area contributed by atoms with Gasteiger partial charge in [0.15, 0.2) is 0 Å². The van der Waals surface area contributed by atoms with Crippen LogP contribution in [0.25, 0.3) is 0 Å². The number of ketones is 1. The number of rotatable bonds is 2. The van der Waals surface area contributed by atoms with Crippen molar-refractivity contribution in [3.05, 3.63) is 34.9 Å². The molecule has 1 aromatic carbocycles. The summed E-state index contributed by atoms with van der Waals surface area (Å²) in [4.78, 5) is 11.8. The Hall–Kier alpha value is -0.860. The fourth-order valence-electron chi connectivity index (χ4n) is 2.45. The Labute approximate surface area is 107 Å². The van der Waals surface area contributed by atoms with Crippen LogP contribution in [-0.4, -0.2) is 10.9 Å². The molecule has 0 aliphatic heterocycles. The molecule has 3 heteroatoms. The SMILES string of the molecule is CC1CCC(=O)C([C@H](O)c2ccc(Cl)cc2)C1. The molecule has 1 aromatic rings. The van der Waals surface area contributed by atoms with Gasteiger partial charge in [-0.25, -0.2) is 0 Å². The van der Waals surface area contributed by atoms with Crippen LogP contribution >= 0.6 is 11.6 Å². The minimum Gasteiger partial charge on any atom is -0.388 e. The lowest BCUT2D eigenvalue weighted by atomic mass is 9.77. The lowest BCUT2D eigenvalue weighted by Crippen LogP contribution is -2.28. The van der Waals surface area contributed by atoms with Crippen molar-refractivity contribution in [3.63, 3.8) is 0 Å². The number of halogens is 1. The van der Waals surface area contributed by atoms with Gasteiger partial charge in [0.1, 0.15) is 5.78 Å². The highest BCUT2D eigenvalue weighted by molar-refractivity contribution is 6.30. The number of carbonyl (C=O) groups excluding carboxylic acids is 1. The highest BCUT2D eigenvalue weighted by Crippen LogP contribution is 2.35. The molecule has 0 amide bonds. The average molecular weight is 253 g/mol. The van der Waals surface area contributed by atoms with Crippen molar-refractivity contribution in [2.24, 2.45) is 11.8 Å². The second-order valence-corrected chi connectivity index (χ2v) is 5.39. The lowest BCUT2D eigenvalue weighted by Gasteiger charge is -2.29. The van der Waals surface area contributed by atoms with Crippen LogP contribution in [0.3, 0.4) is 0 Å². The number of Topliss-reactive ketones (excluding diaryl/α,β-unsaturated/α-hetero) is 1. The summed E-state index contributed by atoms with van der Waals surface area (Å²) in [6.07, 6.45) is 1.63. The van der Waals surface area contributed by atoms with Crippen LogP contribution in [0.5, 0.6) is 0 Å². The minimum absolute atomic E-state index is 0.186. The van der Waals surface area contributed by atoms with E-state index in [0.29, 0.717) is 17.4 Å². The summed E-state index contributed by atoms with van der Waals surface area (Å²) < 4.78 is 0. The molecule has 1 aliphatic carbocycles. The van der Waals surface area contributed by atoms with Crippen molar-refractivity contribution in [2.75, 3.05) is 0 Å². The standard InChI is InChI=1S/C14H17ClO2/c1-9-2-7-13(16)12(8-9)14(17)10-3-5-11(15)6-4-10/h3-6,9,12,14,17H,2,7-8H2,1H3/t9?,12?,14-/m1/s1. The van der Waals surface area contributed by atoms with E-state index < -0.39 is 6.10 Å². The number of hydrogen-bond acceptors (Lipinski definition) is 2. The first-order valence-electron chi connectivity index (χ1n) is 6.04. The maximum Gasteiger partial charge on any atom is 0.138 e. The first-order chi connectivity index (χ1) is 8.08. The van der Waals surface area contributed by atoms with Crippen LogP contribution in [0.2, 0.25) is 5.02 Å². The molecule has 17 heavy (non-hydrogen) atoms. The first-order valence-corrected chi connectivity index (χ1v) is 6.42. The molecule has 1 aliphatic rings. The van der Waals surface area contributed by atoms with E-state index in [-0.39, 0.29) is 11.7 Å². The van der Waals surface area contributed by atoms with Crippen molar-refractivity contribution >= 4 is 17.4 Å². The highest BCUT2D eigenvalue weighted by atomic mass is 35.5. The van der Waals surface area contributed by atoms with Gasteiger partial charge >= 0.3 is 0 Å². The van der Waals surface area contributed by atoms with E-state index in [1.54, 1.807) is 24.3 Å². The lowest BCUT2D eigenvalue weighted by molar-refractivity contribution is -0.129. The predicted octanol–water partition coefficient (Wildman–Crippen LogP) is 3.38. The molecular formula is C14H17ClO2. The second kappa shape index (κ2) is 5.19. The molecule has 1 N–H and O–H groups in total. The average Bonchev–Trinajstić information content (AvgIpc) is 2.32. The third-order valence-electron chi connectivity index (χ3n) is 3.55. The third-order valence-corrected chi connectivity index (χ3v) is 3.80. The number of carbonyl (C=O) groups is 1. The van der Waals surface area contributed by atoms with Crippen molar-refractivity contribution < 1.29 is 9.90 Å². The molecule has 0 aromatic heterocycles. The van der Waals surface area contributed by atoms with Crippen LogP contribution in [0, 0.1) is 11.8 Å². The quantitative estimate of drug-likeness (QED) is 0.876. The first kappa shape index (κ1) is 12.6. The van der Waals surface area contributed by atoms with Crippen molar-refractivity contribution in [1.29, 1.82) is 0 Å². The van der Waals surface area contributed by atoms with E-state index >= 15 is 0 Å². The van der Waals surface area contributed by atoms with Gasteiger partial charge in [-0.2, -0.15) is 0 Å². The largest absolute Gasteiger partial charge is 0.388 e. The minimum atomic E-state index is -0.692. The maximum atomic E-state index is 11.8. The van der Waals surface area contributed by atoms with Crippen LogP contribution < -0.4 is 0 Å². The van der Waals surface area contributed by atoms with E-state index in [1.807, 2.05) is 0 Å². The molecule has 0 radical (unpaired) electrons. The van der Waals surface area contributed by atoms with Gasteiger partial charge in [0.25, 0.3) is 0 Å². The van der Waals surface area contributed by atoms with Gasteiger partial charge < -0.3 is 5.11 Å². The van der Waals surface area contributed by atoms with E-state index in [9.17, 15) is 9.90 Å². The summed E-state index contributed by atoms with van der Waals surface area (Å²) in [7, 11) is 0. The highest BCUT2D eigenvalue weighted by Gasteiger charge is 2.32. The normalized spacial score (nSPS) is 26.9. The Morgan fingerprint density at radius 2 is 2.00 bits per heavy atom. The number of benzene rings is 1. The van der Waals surface area contributed by atoms with Crippen LogP contribution in [0.1, 0.15) is 37.9 Å². The topological polar surface area (TPSA) is 37.3 Å². The van der Waals surface area contributed by atoms with Crippen LogP contribution in [0.4, 0.5) is 0 Å².